The van der Waals surface area contributed by atoms with E-state index in [9.17, 15) is 9.59 Å². The highest BCUT2D eigenvalue weighted by molar-refractivity contribution is 6.35. The fourth-order valence-electron chi connectivity index (χ4n) is 4.67. The molecule has 0 spiro atoms. The van der Waals surface area contributed by atoms with E-state index in [0.29, 0.717) is 41.4 Å². The molecule has 0 radical (unpaired) electrons. The number of pyridine rings is 1. The number of hydrogen-bond donors (Lipinski definition) is 1. The van der Waals surface area contributed by atoms with Crippen molar-refractivity contribution in [1.29, 1.82) is 0 Å². The average molecular weight is 549 g/mol. The van der Waals surface area contributed by atoms with E-state index in [-0.39, 0.29) is 24.0 Å². The van der Waals surface area contributed by atoms with E-state index < -0.39 is 11.9 Å². The number of carbonyl (C=O) groups excluding carboxylic acids is 2. The van der Waals surface area contributed by atoms with Crippen LogP contribution in [0.25, 0.3) is 0 Å². The molecule has 37 heavy (non-hydrogen) atoms. The number of nitrogens with zero attached hydrogens (tertiary/aromatic N) is 3. The minimum atomic E-state index is -0.813. The maximum absolute atomic E-state index is 13.4. The number of hydrogen-bond acceptors (Lipinski definition) is 6. The van der Waals surface area contributed by atoms with Crippen molar-refractivity contribution >= 4 is 35.0 Å². The summed E-state index contributed by atoms with van der Waals surface area (Å²) < 4.78 is 11.9. The van der Waals surface area contributed by atoms with Gasteiger partial charge in [-0.25, -0.2) is 4.98 Å². The molecule has 8 nitrogen and oxygen atoms in total. The van der Waals surface area contributed by atoms with Crippen molar-refractivity contribution < 1.29 is 19.1 Å². The molecule has 10 heteroatoms. The van der Waals surface area contributed by atoms with Gasteiger partial charge >= 0.3 is 0 Å². The number of rotatable bonds is 9. The van der Waals surface area contributed by atoms with Gasteiger partial charge in [-0.15, -0.1) is 0 Å². The van der Waals surface area contributed by atoms with Crippen LogP contribution in [0.2, 0.25) is 10.0 Å². The Bertz CT molecular complexity index is 1070. The molecule has 1 aliphatic carbocycles. The van der Waals surface area contributed by atoms with Gasteiger partial charge in [0.25, 0.3) is 5.91 Å². The fourth-order valence-corrected chi connectivity index (χ4v) is 5.12. The lowest BCUT2D eigenvalue weighted by atomic mass is 9.90. The van der Waals surface area contributed by atoms with Crippen LogP contribution in [0.15, 0.2) is 36.5 Å². The van der Waals surface area contributed by atoms with Gasteiger partial charge in [-0.2, -0.15) is 0 Å². The zero-order chi connectivity index (χ0) is 26.2. The Balaban J connectivity index is 1.46. The van der Waals surface area contributed by atoms with Gasteiger partial charge in [0, 0.05) is 44.0 Å². The summed E-state index contributed by atoms with van der Waals surface area (Å²) in [6.45, 7) is 3.52. The monoisotopic (exact) mass is 548 g/mol. The zero-order valence-electron chi connectivity index (χ0n) is 21.1. The summed E-state index contributed by atoms with van der Waals surface area (Å²) in [5.74, 6) is 0.295. The summed E-state index contributed by atoms with van der Waals surface area (Å²) in [5, 5.41) is 3.65. The molecule has 1 atom stereocenters. The Morgan fingerprint density at radius 1 is 1.11 bits per heavy atom. The van der Waals surface area contributed by atoms with Gasteiger partial charge in [-0.05, 0) is 56.1 Å². The van der Waals surface area contributed by atoms with E-state index in [1.54, 1.807) is 35.2 Å². The van der Waals surface area contributed by atoms with Gasteiger partial charge in [0.1, 0.15) is 17.4 Å². The maximum Gasteiger partial charge on any atom is 0.257 e. The highest BCUT2D eigenvalue weighted by atomic mass is 35.5. The van der Waals surface area contributed by atoms with Gasteiger partial charge in [-0.1, -0.05) is 42.5 Å². The molecule has 1 aliphatic heterocycles. The summed E-state index contributed by atoms with van der Waals surface area (Å²) >= 11 is 12.2. The lowest BCUT2D eigenvalue weighted by Crippen LogP contribution is -2.55. The van der Waals surface area contributed by atoms with Crippen molar-refractivity contribution in [2.45, 2.75) is 38.1 Å². The second kappa shape index (κ2) is 13.4. The average Bonchev–Trinajstić information content (AvgIpc) is 2.90. The zero-order valence-corrected chi connectivity index (χ0v) is 22.6. The third-order valence-electron chi connectivity index (χ3n) is 6.90. The van der Waals surface area contributed by atoms with Crippen LogP contribution >= 0.6 is 23.2 Å². The van der Waals surface area contributed by atoms with Crippen molar-refractivity contribution in [2.75, 3.05) is 46.4 Å². The molecule has 1 aromatic heterocycles. The number of piperazine rings is 1. The molecule has 2 heterocycles. The predicted molar refractivity (Wildman–Crippen MR) is 143 cm³/mol. The van der Waals surface area contributed by atoms with Crippen molar-refractivity contribution in [2.24, 2.45) is 5.92 Å². The Hall–Kier alpha value is -2.39. The van der Waals surface area contributed by atoms with Crippen molar-refractivity contribution in [3.63, 3.8) is 0 Å². The molecule has 200 valence electrons. The van der Waals surface area contributed by atoms with Crippen LogP contribution in [-0.4, -0.2) is 79.1 Å². The van der Waals surface area contributed by atoms with Crippen molar-refractivity contribution in [3.8, 4) is 11.6 Å². The first kappa shape index (κ1) is 27.6. The van der Waals surface area contributed by atoms with Crippen LogP contribution in [0.3, 0.4) is 0 Å². The molecule has 2 aliphatic rings. The number of amides is 2. The third-order valence-corrected chi connectivity index (χ3v) is 7.43. The lowest BCUT2D eigenvalue weighted by molar-refractivity contribution is -0.136. The molecule has 2 aromatic rings. The first-order chi connectivity index (χ1) is 17.9. The molecule has 1 aromatic carbocycles. The summed E-state index contributed by atoms with van der Waals surface area (Å²) in [6.07, 6.45) is 7.52. The molecular formula is C27H34Cl2N4O4. The predicted octanol–water partition coefficient (Wildman–Crippen LogP) is 4.65. The number of likely N-dealkylation sites (N-methyl/N-ethyl adjacent to an activating group) is 1. The molecule has 2 fully saturated rings. The van der Waals surface area contributed by atoms with Crippen molar-refractivity contribution in [3.05, 3.63) is 52.1 Å². The summed E-state index contributed by atoms with van der Waals surface area (Å²) in [4.78, 5) is 35.0. The van der Waals surface area contributed by atoms with Gasteiger partial charge in [0.15, 0.2) is 0 Å². The first-order valence-corrected chi connectivity index (χ1v) is 13.6. The smallest absolute Gasteiger partial charge is 0.257 e. The van der Waals surface area contributed by atoms with E-state index >= 15 is 0 Å². The van der Waals surface area contributed by atoms with Crippen LogP contribution in [-0.2, 0) is 9.53 Å². The van der Waals surface area contributed by atoms with E-state index in [2.05, 4.69) is 15.2 Å². The van der Waals surface area contributed by atoms with Gasteiger partial charge in [0.2, 0.25) is 11.8 Å². The number of carbonyl (C=O) groups is 2. The molecular weight excluding hydrogens is 515 g/mol. The van der Waals surface area contributed by atoms with Gasteiger partial charge < -0.3 is 24.6 Å². The van der Waals surface area contributed by atoms with Crippen LogP contribution in [0, 0.1) is 5.92 Å². The van der Waals surface area contributed by atoms with Crippen LogP contribution in [0.4, 0.5) is 0 Å². The number of benzene rings is 1. The van der Waals surface area contributed by atoms with E-state index in [1.807, 2.05) is 7.05 Å². The molecule has 1 N–H and O–H groups in total. The van der Waals surface area contributed by atoms with E-state index in [4.69, 9.17) is 32.7 Å². The molecule has 2 amide bonds. The van der Waals surface area contributed by atoms with Crippen LogP contribution < -0.4 is 10.1 Å². The van der Waals surface area contributed by atoms with Gasteiger partial charge in [-0.3, -0.25) is 9.59 Å². The summed E-state index contributed by atoms with van der Waals surface area (Å²) in [6, 6.07) is 7.23. The Labute approximate surface area is 228 Å². The van der Waals surface area contributed by atoms with Crippen molar-refractivity contribution in [1.82, 2.24) is 20.1 Å². The molecule has 1 saturated heterocycles. The van der Waals surface area contributed by atoms with Crippen LogP contribution in [0.5, 0.6) is 11.6 Å². The minimum absolute atomic E-state index is 0.0816. The number of nitrogens with one attached hydrogen (secondary N) is 1. The standard InChI is InChI=1S/C27H34Cl2N4O4/c1-32-12-14-33(15-13-32)27(35)23(18-36-17-19-6-3-2-4-7-19)31-25(34)21-8-5-11-30-26(21)37-24-10-9-20(28)16-22(24)29/h5,8-11,16,19,23H,2-4,6-7,12-15,17-18H2,1H3,(H,31,34). The topological polar surface area (TPSA) is 84.0 Å². The second-order valence-corrected chi connectivity index (χ2v) is 10.6. The Morgan fingerprint density at radius 3 is 2.59 bits per heavy atom. The normalized spacial score (nSPS) is 17.9. The highest BCUT2D eigenvalue weighted by Gasteiger charge is 2.30. The van der Waals surface area contributed by atoms with Crippen LogP contribution in [0.1, 0.15) is 42.5 Å². The Kier molecular flexibility index (Phi) is 10.0. The number of ether oxygens (including phenoxy) is 2. The third kappa shape index (κ3) is 7.80. The molecule has 0 bridgehead atoms. The second-order valence-electron chi connectivity index (χ2n) is 9.73. The molecule has 1 saturated carbocycles. The molecule has 4 rings (SSSR count). The maximum atomic E-state index is 13.4. The van der Waals surface area contributed by atoms with Gasteiger partial charge in [0.05, 0.1) is 11.6 Å². The van der Waals surface area contributed by atoms with E-state index in [1.165, 1.54) is 25.5 Å². The fraction of sp³-hybridized carbons (Fsp3) is 0.519. The number of aromatic nitrogens is 1. The Morgan fingerprint density at radius 2 is 1.86 bits per heavy atom. The lowest BCUT2D eigenvalue weighted by Gasteiger charge is -2.35. The number of halogens is 2. The minimum Gasteiger partial charge on any atom is -0.437 e. The largest absolute Gasteiger partial charge is 0.437 e. The SMILES string of the molecule is CN1CCN(C(=O)C(COCC2CCCCC2)NC(=O)c2cccnc2Oc2ccc(Cl)cc2Cl)CC1. The summed E-state index contributed by atoms with van der Waals surface area (Å²) in [7, 11) is 2.03. The quantitative estimate of drug-likeness (QED) is 0.491. The molecule has 1 unspecified atom stereocenters. The first-order valence-electron chi connectivity index (χ1n) is 12.8. The van der Waals surface area contributed by atoms with E-state index in [0.717, 1.165) is 25.9 Å². The highest BCUT2D eigenvalue weighted by Crippen LogP contribution is 2.32. The summed E-state index contributed by atoms with van der Waals surface area (Å²) in [5.41, 5.74) is 0.192.